The minimum Gasteiger partial charge on any atom is -0.507 e. The summed E-state index contributed by atoms with van der Waals surface area (Å²) in [4.78, 5) is 14.1. The van der Waals surface area contributed by atoms with Gasteiger partial charge >= 0.3 is 5.97 Å². The molecule has 3 aromatic carbocycles. The van der Waals surface area contributed by atoms with Crippen molar-refractivity contribution in [1.82, 2.24) is 4.57 Å². The van der Waals surface area contributed by atoms with Crippen molar-refractivity contribution in [1.29, 1.82) is 0 Å². The van der Waals surface area contributed by atoms with Gasteiger partial charge in [-0.25, -0.2) is 4.79 Å². The zero-order valence-corrected chi connectivity index (χ0v) is 19.4. The summed E-state index contributed by atoms with van der Waals surface area (Å²) in [6, 6.07) is 23.8. The lowest BCUT2D eigenvalue weighted by molar-refractivity contribution is 0.0527. The zero-order valence-electron chi connectivity index (χ0n) is 17.0. The molecule has 0 aliphatic heterocycles. The number of esters is 1. The average molecular weight is 496 g/mol. The third-order valence-electron chi connectivity index (χ3n) is 5.02. The Kier molecular flexibility index (Phi) is 6.68. The standard InChI is InChI=1S/C25H22BrNO3S/c1-2-30-25(29)24-19-13-23(28)20(26)14-21(19)27(15-17-9-5-3-6-10-17)22(24)16-31-18-11-7-4-8-12-18/h3-14,28H,2,15-16H2,1H3. The molecule has 6 heteroatoms. The second-order valence-corrected chi connectivity index (χ2v) is 8.94. The fourth-order valence-electron chi connectivity index (χ4n) is 3.61. The third-order valence-corrected chi connectivity index (χ3v) is 6.68. The average Bonchev–Trinajstić information content (AvgIpc) is 3.06. The monoisotopic (exact) mass is 495 g/mol. The second kappa shape index (κ2) is 9.62. The maximum Gasteiger partial charge on any atom is 0.340 e. The van der Waals surface area contributed by atoms with Gasteiger partial charge in [-0.05, 0) is 52.7 Å². The van der Waals surface area contributed by atoms with Crippen molar-refractivity contribution in [2.45, 2.75) is 24.1 Å². The van der Waals surface area contributed by atoms with Gasteiger partial charge in [-0.3, -0.25) is 0 Å². The number of thioether (sulfide) groups is 1. The number of carbonyl (C=O) groups is 1. The first-order valence-corrected chi connectivity index (χ1v) is 11.8. The van der Waals surface area contributed by atoms with E-state index in [1.807, 2.05) is 42.5 Å². The number of benzene rings is 3. The topological polar surface area (TPSA) is 51.5 Å². The lowest BCUT2D eigenvalue weighted by Gasteiger charge is -2.13. The molecular weight excluding hydrogens is 474 g/mol. The van der Waals surface area contributed by atoms with Gasteiger partial charge in [-0.2, -0.15) is 0 Å². The van der Waals surface area contributed by atoms with E-state index in [4.69, 9.17) is 4.74 Å². The van der Waals surface area contributed by atoms with E-state index in [9.17, 15) is 9.90 Å². The van der Waals surface area contributed by atoms with Gasteiger partial charge in [0.15, 0.2) is 0 Å². The molecule has 4 nitrogen and oxygen atoms in total. The normalized spacial score (nSPS) is 11.0. The van der Waals surface area contributed by atoms with Crippen LogP contribution in [0.3, 0.4) is 0 Å². The number of phenols is 1. The van der Waals surface area contributed by atoms with Crippen molar-refractivity contribution >= 4 is 44.6 Å². The number of aromatic hydroxyl groups is 1. The summed E-state index contributed by atoms with van der Waals surface area (Å²) in [5.74, 6) is 0.319. The SMILES string of the molecule is CCOC(=O)c1c(CSc2ccccc2)n(Cc2ccccc2)c2cc(Br)c(O)cc12. The van der Waals surface area contributed by atoms with E-state index in [0.717, 1.165) is 21.7 Å². The van der Waals surface area contributed by atoms with Crippen molar-refractivity contribution in [2.75, 3.05) is 6.61 Å². The van der Waals surface area contributed by atoms with E-state index in [-0.39, 0.29) is 18.3 Å². The fraction of sp³-hybridized carbons (Fsp3) is 0.160. The van der Waals surface area contributed by atoms with Crippen LogP contribution in [0.4, 0.5) is 0 Å². The van der Waals surface area contributed by atoms with Crippen LogP contribution in [0.2, 0.25) is 0 Å². The van der Waals surface area contributed by atoms with Gasteiger partial charge in [0, 0.05) is 28.3 Å². The quantitative estimate of drug-likeness (QED) is 0.231. The maximum atomic E-state index is 13.0. The largest absolute Gasteiger partial charge is 0.507 e. The number of carbonyl (C=O) groups excluding carboxylic acids is 1. The third kappa shape index (κ3) is 4.65. The van der Waals surface area contributed by atoms with Crippen LogP contribution < -0.4 is 0 Å². The van der Waals surface area contributed by atoms with Crippen molar-refractivity contribution in [3.8, 4) is 5.75 Å². The van der Waals surface area contributed by atoms with E-state index in [1.54, 1.807) is 24.8 Å². The molecule has 0 aliphatic rings. The summed E-state index contributed by atoms with van der Waals surface area (Å²) < 4.78 is 8.14. The Hall–Kier alpha value is -2.70. The number of hydrogen-bond acceptors (Lipinski definition) is 4. The molecule has 0 bridgehead atoms. The van der Waals surface area contributed by atoms with Gasteiger partial charge in [-0.15, -0.1) is 11.8 Å². The van der Waals surface area contributed by atoms with Gasteiger partial charge < -0.3 is 14.4 Å². The van der Waals surface area contributed by atoms with Crippen LogP contribution in [-0.4, -0.2) is 22.2 Å². The number of hydrogen-bond donors (Lipinski definition) is 1. The number of phenolic OH excluding ortho intramolecular Hbond substituents is 1. The molecule has 0 saturated heterocycles. The molecule has 0 saturated carbocycles. The summed E-state index contributed by atoms with van der Waals surface area (Å²) in [6.45, 7) is 2.70. The summed E-state index contributed by atoms with van der Waals surface area (Å²) in [6.07, 6.45) is 0. The molecule has 4 aromatic rings. The number of nitrogens with zero attached hydrogens (tertiary/aromatic N) is 1. The summed E-state index contributed by atoms with van der Waals surface area (Å²) >= 11 is 5.10. The summed E-state index contributed by atoms with van der Waals surface area (Å²) in [5, 5.41) is 11.0. The van der Waals surface area contributed by atoms with Crippen molar-refractivity contribution in [3.05, 3.63) is 94.1 Å². The summed E-state index contributed by atoms with van der Waals surface area (Å²) in [7, 11) is 0. The number of aromatic nitrogens is 1. The second-order valence-electron chi connectivity index (χ2n) is 7.04. The Morgan fingerprint density at radius 3 is 2.42 bits per heavy atom. The zero-order chi connectivity index (χ0) is 21.8. The van der Waals surface area contributed by atoms with Gasteiger partial charge in [-0.1, -0.05) is 48.5 Å². The van der Waals surface area contributed by atoms with E-state index in [0.29, 0.717) is 27.7 Å². The first kappa shape index (κ1) is 21.5. The maximum absolute atomic E-state index is 13.0. The first-order chi connectivity index (χ1) is 15.1. The number of ether oxygens (including phenoxy) is 1. The number of rotatable bonds is 7. The predicted molar refractivity (Wildman–Crippen MR) is 129 cm³/mol. The molecule has 0 spiro atoms. The Labute approximate surface area is 194 Å². The van der Waals surface area contributed by atoms with Crippen LogP contribution in [0.25, 0.3) is 10.9 Å². The molecule has 31 heavy (non-hydrogen) atoms. The van der Waals surface area contributed by atoms with Gasteiger partial charge in [0.25, 0.3) is 0 Å². The highest BCUT2D eigenvalue weighted by atomic mass is 79.9. The lowest BCUT2D eigenvalue weighted by Crippen LogP contribution is -2.10. The van der Waals surface area contributed by atoms with Crippen molar-refractivity contribution in [2.24, 2.45) is 0 Å². The first-order valence-electron chi connectivity index (χ1n) is 10.0. The van der Waals surface area contributed by atoms with Crippen molar-refractivity contribution in [3.63, 3.8) is 0 Å². The van der Waals surface area contributed by atoms with Gasteiger partial charge in [0.1, 0.15) is 5.75 Å². The van der Waals surface area contributed by atoms with E-state index in [1.165, 1.54) is 0 Å². The Morgan fingerprint density at radius 2 is 1.74 bits per heavy atom. The Bertz CT molecular complexity index is 1210. The van der Waals surface area contributed by atoms with Crippen LogP contribution in [0, 0.1) is 0 Å². The van der Waals surface area contributed by atoms with Gasteiger partial charge in [0.2, 0.25) is 0 Å². The molecule has 1 N–H and O–H groups in total. The molecule has 0 amide bonds. The molecule has 4 rings (SSSR count). The molecule has 0 radical (unpaired) electrons. The highest BCUT2D eigenvalue weighted by molar-refractivity contribution is 9.10. The predicted octanol–water partition coefficient (Wildman–Crippen LogP) is 6.63. The van der Waals surface area contributed by atoms with Crippen LogP contribution in [0.1, 0.15) is 28.5 Å². The van der Waals surface area contributed by atoms with Crippen LogP contribution in [0.15, 0.2) is 82.2 Å². The Morgan fingerprint density at radius 1 is 1.06 bits per heavy atom. The Balaban J connectivity index is 1.89. The lowest BCUT2D eigenvalue weighted by atomic mass is 10.1. The van der Waals surface area contributed by atoms with E-state index in [2.05, 4.69) is 44.8 Å². The minimum absolute atomic E-state index is 0.0946. The fourth-order valence-corrected chi connectivity index (χ4v) is 4.89. The molecule has 158 valence electrons. The number of halogens is 1. The summed E-state index contributed by atoms with van der Waals surface area (Å²) in [5.41, 5.74) is 3.40. The highest BCUT2D eigenvalue weighted by Crippen LogP contribution is 2.37. The molecule has 0 aliphatic carbocycles. The smallest absolute Gasteiger partial charge is 0.340 e. The van der Waals surface area contributed by atoms with Gasteiger partial charge in [0.05, 0.1) is 22.2 Å². The molecule has 0 fully saturated rings. The molecule has 0 atom stereocenters. The number of fused-ring (bicyclic) bond motifs is 1. The minimum atomic E-state index is -0.371. The van der Waals surface area contributed by atoms with Crippen LogP contribution in [0.5, 0.6) is 5.75 Å². The van der Waals surface area contributed by atoms with E-state index >= 15 is 0 Å². The van der Waals surface area contributed by atoms with Crippen molar-refractivity contribution < 1.29 is 14.6 Å². The van der Waals surface area contributed by atoms with Crippen LogP contribution >= 0.6 is 27.7 Å². The molecular formula is C25H22BrNO3S. The highest BCUT2D eigenvalue weighted by Gasteiger charge is 2.25. The molecule has 1 heterocycles. The van der Waals surface area contributed by atoms with Crippen LogP contribution in [-0.2, 0) is 17.0 Å². The molecule has 1 aromatic heterocycles. The molecule has 0 unspecified atom stereocenters. The van der Waals surface area contributed by atoms with E-state index < -0.39 is 0 Å².